The smallest absolute Gasteiger partial charge is 0.272 e. The number of rotatable bonds is 3. The summed E-state index contributed by atoms with van der Waals surface area (Å²) in [5.74, 6) is 0. The highest BCUT2D eigenvalue weighted by molar-refractivity contribution is 6.39. The predicted molar refractivity (Wildman–Crippen MR) is 41.5 cm³/mol. The Balaban J connectivity index is 3.98. The maximum absolute atomic E-state index is 12.3. The van der Waals surface area contributed by atoms with Gasteiger partial charge in [-0.25, -0.2) is 0 Å². The van der Waals surface area contributed by atoms with Crippen molar-refractivity contribution in [3.63, 3.8) is 0 Å². The Morgan fingerprint density at radius 3 is 1.30 bits per heavy atom. The van der Waals surface area contributed by atoms with Crippen LogP contribution in [0, 0.1) is 0 Å². The van der Waals surface area contributed by atoms with E-state index in [0.29, 0.717) is 0 Å². The summed E-state index contributed by atoms with van der Waals surface area (Å²) in [7, 11) is -3.57. The van der Waals surface area contributed by atoms with Crippen LogP contribution >= 0.6 is 0 Å². The SMILES string of the molecule is CC(C)N(C(C)C)[SiH](F)F. The van der Waals surface area contributed by atoms with Crippen LogP contribution in [0.3, 0.4) is 0 Å². The van der Waals surface area contributed by atoms with Crippen molar-refractivity contribution in [2.45, 2.75) is 39.8 Å². The average Bonchev–Trinajstić information content (AvgIpc) is 1.59. The molecule has 0 heterocycles. The summed E-state index contributed by atoms with van der Waals surface area (Å²) in [6, 6.07) is -0.0432. The normalized spacial score (nSPS) is 12.6. The maximum Gasteiger partial charge on any atom is 0.492 e. The molecule has 0 radical (unpaired) electrons. The van der Waals surface area contributed by atoms with Crippen molar-refractivity contribution in [2.24, 2.45) is 0 Å². The minimum atomic E-state index is -3.57. The first-order valence-corrected chi connectivity index (χ1v) is 4.91. The van der Waals surface area contributed by atoms with Gasteiger partial charge in [-0.15, -0.1) is 0 Å². The van der Waals surface area contributed by atoms with Crippen molar-refractivity contribution in [3.05, 3.63) is 0 Å². The van der Waals surface area contributed by atoms with E-state index in [9.17, 15) is 8.22 Å². The monoisotopic (exact) mass is 167 g/mol. The van der Waals surface area contributed by atoms with E-state index in [4.69, 9.17) is 0 Å². The summed E-state index contributed by atoms with van der Waals surface area (Å²) in [4.78, 5) is 0. The largest absolute Gasteiger partial charge is 0.492 e. The van der Waals surface area contributed by atoms with Crippen LogP contribution in [-0.2, 0) is 0 Å². The van der Waals surface area contributed by atoms with Crippen molar-refractivity contribution in [2.75, 3.05) is 0 Å². The molecule has 0 unspecified atom stereocenters. The van der Waals surface area contributed by atoms with E-state index in [2.05, 4.69) is 0 Å². The fourth-order valence-corrected chi connectivity index (χ4v) is 1.95. The summed E-state index contributed by atoms with van der Waals surface area (Å²) in [5.41, 5.74) is 0. The molecule has 0 aromatic carbocycles. The van der Waals surface area contributed by atoms with Gasteiger partial charge >= 0.3 is 9.63 Å². The fraction of sp³-hybridized carbons (Fsp3) is 1.00. The van der Waals surface area contributed by atoms with Crippen LogP contribution in [0.25, 0.3) is 0 Å². The van der Waals surface area contributed by atoms with Crippen molar-refractivity contribution >= 4 is 9.63 Å². The van der Waals surface area contributed by atoms with Gasteiger partial charge in [0.05, 0.1) is 0 Å². The van der Waals surface area contributed by atoms with Crippen molar-refractivity contribution < 1.29 is 8.22 Å². The van der Waals surface area contributed by atoms with Gasteiger partial charge in [0.25, 0.3) is 0 Å². The van der Waals surface area contributed by atoms with Gasteiger partial charge in [-0.2, -0.15) is 0 Å². The van der Waals surface area contributed by atoms with E-state index in [1.54, 1.807) is 27.7 Å². The summed E-state index contributed by atoms with van der Waals surface area (Å²) in [6.07, 6.45) is 0. The Kier molecular flexibility index (Phi) is 4.04. The van der Waals surface area contributed by atoms with Crippen molar-refractivity contribution in [3.8, 4) is 0 Å². The Morgan fingerprint density at radius 1 is 1.00 bits per heavy atom. The summed E-state index contributed by atoms with van der Waals surface area (Å²) in [6.45, 7) is 7.22. The van der Waals surface area contributed by atoms with Gasteiger partial charge < -0.3 is 0 Å². The van der Waals surface area contributed by atoms with Crippen LogP contribution in [0.2, 0.25) is 0 Å². The molecule has 0 aromatic heterocycles. The van der Waals surface area contributed by atoms with Gasteiger partial charge in [0.15, 0.2) is 0 Å². The minimum Gasteiger partial charge on any atom is -0.272 e. The number of nitrogens with zero attached hydrogens (tertiary/aromatic N) is 1. The van der Waals surface area contributed by atoms with Gasteiger partial charge in [-0.1, -0.05) is 27.7 Å². The zero-order chi connectivity index (χ0) is 8.31. The number of hydrogen-bond acceptors (Lipinski definition) is 1. The topological polar surface area (TPSA) is 3.24 Å². The third-order valence-corrected chi connectivity index (χ3v) is 3.06. The molecule has 0 aliphatic heterocycles. The van der Waals surface area contributed by atoms with Crippen LogP contribution in [-0.4, -0.2) is 26.3 Å². The molecule has 0 fully saturated rings. The lowest BCUT2D eigenvalue weighted by atomic mass is 10.3. The average molecular weight is 167 g/mol. The molecule has 0 saturated heterocycles. The first-order chi connectivity index (χ1) is 4.46. The Bertz CT molecular complexity index is 76.7. The molecule has 62 valence electrons. The quantitative estimate of drug-likeness (QED) is 0.457. The minimum absolute atomic E-state index is 0.0216. The van der Waals surface area contributed by atoms with Gasteiger partial charge in [-0.05, 0) is 0 Å². The van der Waals surface area contributed by atoms with Crippen LogP contribution in [0.4, 0.5) is 8.22 Å². The highest BCUT2D eigenvalue weighted by Gasteiger charge is 2.25. The molecule has 0 aliphatic carbocycles. The summed E-state index contributed by atoms with van der Waals surface area (Å²) >= 11 is 0. The maximum atomic E-state index is 12.3. The molecule has 0 rings (SSSR count). The first-order valence-electron chi connectivity index (χ1n) is 3.52. The lowest BCUT2D eigenvalue weighted by Crippen LogP contribution is -2.43. The van der Waals surface area contributed by atoms with E-state index in [0.717, 1.165) is 0 Å². The second kappa shape index (κ2) is 4.03. The Hall–Kier alpha value is 0.0369. The standard InChI is InChI=1S/C6H15F2NSi/c1-5(2)9(6(3)4)10(7)8/h5-6,10H,1-4H3. The molecule has 1 nitrogen and oxygen atoms in total. The predicted octanol–water partition coefficient (Wildman–Crippen LogP) is 1.76. The van der Waals surface area contributed by atoms with Crippen LogP contribution in [0.15, 0.2) is 0 Å². The third-order valence-electron chi connectivity index (χ3n) is 1.42. The molecule has 0 bridgehead atoms. The summed E-state index contributed by atoms with van der Waals surface area (Å²) in [5, 5.41) is 0. The molecular formula is C6H15F2NSi. The number of hydrogen-bond donors (Lipinski definition) is 0. The van der Waals surface area contributed by atoms with Gasteiger partial charge in [0.1, 0.15) is 0 Å². The molecule has 4 heteroatoms. The van der Waals surface area contributed by atoms with E-state index >= 15 is 0 Å². The number of halogens is 2. The molecule has 0 N–H and O–H groups in total. The van der Waals surface area contributed by atoms with E-state index in [-0.39, 0.29) is 12.1 Å². The second-order valence-electron chi connectivity index (χ2n) is 2.91. The Labute approximate surface area is 63.1 Å². The first kappa shape index (κ1) is 10.0. The molecule has 0 aliphatic rings. The highest BCUT2D eigenvalue weighted by atomic mass is 28.4. The van der Waals surface area contributed by atoms with Crippen molar-refractivity contribution in [1.82, 2.24) is 4.57 Å². The second-order valence-corrected chi connectivity index (χ2v) is 4.06. The highest BCUT2D eigenvalue weighted by Crippen LogP contribution is 2.08. The Morgan fingerprint density at radius 2 is 1.30 bits per heavy atom. The van der Waals surface area contributed by atoms with Crippen LogP contribution in [0.5, 0.6) is 0 Å². The molecular weight excluding hydrogens is 152 g/mol. The summed E-state index contributed by atoms with van der Waals surface area (Å²) < 4.78 is 25.8. The van der Waals surface area contributed by atoms with Crippen LogP contribution < -0.4 is 0 Å². The zero-order valence-electron chi connectivity index (χ0n) is 6.94. The lowest BCUT2D eigenvalue weighted by molar-refractivity contribution is 0.259. The van der Waals surface area contributed by atoms with Gasteiger partial charge in [0.2, 0.25) is 0 Å². The molecule has 0 amide bonds. The zero-order valence-corrected chi connectivity index (χ0v) is 8.09. The fourth-order valence-electron chi connectivity index (χ4n) is 1.05. The van der Waals surface area contributed by atoms with E-state index in [1.807, 2.05) is 0 Å². The third kappa shape index (κ3) is 2.75. The molecule has 0 spiro atoms. The van der Waals surface area contributed by atoms with Gasteiger partial charge in [0, 0.05) is 12.1 Å². The van der Waals surface area contributed by atoms with E-state index < -0.39 is 9.63 Å². The van der Waals surface area contributed by atoms with Crippen LogP contribution in [0.1, 0.15) is 27.7 Å². The van der Waals surface area contributed by atoms with Gasteiger partial charge in [-0.3, -0.25) is 12.8 Å². The van der Waals surface area contributed by atoms with E-state index in [1.165, 1.54) is 4.57 Å². The lowest BCUT2D eigenvalue weighted by Gasteiger charge is -2.28. The molecule has 10 heavy (non-hydrogen) atoms. The van der Waals surface area contributed by atoms with Crippen molar-refractivity contribution in [1.29, 1.82) is 0 Å². The molecule has 0 atom stereocenters. The molecule has 0 aromatic rings. The molecule has 0 saturated carbocycles.